The van der Waals surface area contributed by atoms with Crippen LogP contribution in [-0.2, 0) is 0 Å². The van der Waals surface area contributed by atoms with E-state index in [1.54, 1.807) is 0 Å². The number of fused-ring (bicyclic) bond motifs is 1. The van der Waals surface area contributed by atoms with Crippen LogP contribution in [0.3, 0.4) is 0 Å². The Morgan fingerprint density at radius 3 is 3.07 bits per heavy atom. The molecule has 2 nitrogen and oxygen atoms in total. The number of nitriles is 1. The van der Waals surface area contributed by atoms with Gasteiger partial charge in [-0.05, 0) is 12.5 Å². The van der Waals surface area contributed by atoms with E-state index in [1.807, 2.05) is 18.2 Å². The van der Waals surface area contributed by atoms with Crippen LogP contribution in [0.4, 0.5) is 0 Å². The predicted molar refractivity (Wildman–Crippen MR) is 59.1 cm³/mol. The van der Waals surface area contributed by atoms with Crippen molar-refractivity contribution in [3.63, 3.8) is 0 Å². The molecule has 0 radical (unpaired) electrons. The second-order valence-electron chi connectivity index (χ2n) is 3.76. The Bertz CT molecular complexity index is 385. The number of rotatable bonds is 3. The van der Waals surface area contributed by atoms with E-state index in [1.165, 1.54) is 5.56 Å². The number of nitrogens with zero attached hydrogens (tertiary/aromatic N) is 1. The average molecular weight is 222 g/mol. The standard InChI is InChI=1S/C12H12ClNO/c13-6-9(7-14)5-10-8-15-12-4-2-1-3-11(10)12/h1-4,9-10H,5-6,8H2. The first kappa shape index (κ1) is 10.3. The first-order valence-corrected chi connectivity index (χ1v) is 5.56. The number of hydrogen-bond acceptors (Lipinski definition) is 2. The number of benzene rings is 1. The first-order chi connectivity index (χ1) is 7.35. The third kappa shape index (κ3) is 2.08. The highest BCUT2D eigenvalue weighted by Crippen LogP contribution is 2.37. The molecule has 0 amide bonds. The van der Waals surface area contributed by atoms with Gasteiger partial charge in [-0.25, -0.2) is 0 Å². The molecule has 0 aliphatic carbocycles. The summed E-state index contributed by atoms with van der Waals surface area (Å²) in [6, 6.07) is 10.2. The monoisotopic (exact) mass is 221 g/mol. The second-order valence-corrected chi connectivity index (χ2v) is 4.07. The van der Waals surface area contributed by atoms with Crippen LogP contribution < -0.4 is 4.74 Å². The molecular formula is C12H12ClNO. The summed E-state index contributed by atoms with van der Waals surface area (Å²) in [4.78, 5) is 0. The Morgan fingerprint density at radius 2 is 2.33 bits per heavy atom. The fraction of sp³-hybridized carbons (Fsp3) is 0.417. The van der Waals surface area contributed by atoms with Crippen molar-refractivity contribution in [1.29, 1.82) is 5.26 Å². The Labute approximate surface area is 94.4 Å². The third-order valence-corrected chi connectivity index (χ3v) is 3.11. The molecule has 0 N–H and O–H groups in total. The summed E-state index contributed by atoms with van der Waals surface area (Å²) in [5, 5.41) is 8.86. The highest BCUT2D eigenvalue weighted by Gasteiger charge is 2.26. The normalized spacial score (nSPS) is 20.1. The van der Waals surface area contributed by atoms with Crippen molar-refractivity contribution in [3.8, 4) is 11.8 Å². The van der Waals surface area contributed by atoms with Gasteiger partial charge in [-0.1, -0.05) is 18.2 Å². The topological polar surface area (TPSA) is 33.0 Å². The van der Waals surface area contributed by atoms with Gasteiger partial charge in [-0.3, -0.25) is 0 Å². The molecule has 1 heterocycles. The molecule has 2 atom stereocenters. The van der Waals surface area contributed by atoms with E-state index in [-0.39, 0.29) is 5.92 Å². The largest absolute Gasteiger partial charge is 0.493 e. The van der Waals surface area contributed by atoms with Crippen molar-refractivity contribution in [3.05, 3.63) is 29.8 Å². The predicted octanol–water partition coefficient (Wildman–Crippen LogP) is 2.93. The van der Waals surface area contributed by atoms with E-state index in [0.29, 0.717) is 18.4 Å². The van der Waals surface area contributed by atoms with Gasteiger partial charge in [-0.2, -0.15) is 5.26 Å². The summed E-state index contributed by atoms with van der Waals surface area (Å²) >= 11 is 5.71. The maximum atomic E-state index is 8.86. The van der Waals surface area contributed by atoms with Gasteiger partial charge >= 0.3 is 0 Å². The molecule has 0 saturated carbocycles. The summed E-state index contributed by atoms with van der Waals surface area (Å²) in [5.74, 6) is 1.60. The molecule has 2 unspecified atom stereocenters. The number of ether oxygens (including phenoxy) is 1. The lowest BCUT2D eigenvalue weighted by Gasteiger charge is -2.10. The van der Waals surface area contributed by atoms with Crippen LogP contribution in [0.15, 0.2) is 24.3 Å². The SMILES string of the molecule is N#CC(CCl)CC1COc2ccccc21. The lowest BCUT2D eigenvalue weighted by Crippen LogP contribution is -2.08. The zero-order valence-electron chi connectivity index (χ0n) is 8.32. The average Bonchev–Trinajstić information content (AvgIpc) is 2.69. The van der Waals surface area contributed by atoms with E-state index in [0.717, 1.165) is 12.2 Å². The van der Waals surface area contributed by atoms with Crippen LogP contribution in [-0.4, -0.2) is 12.5 Å². The van der Waals surface area contributed by atoms with Gasteiger partial charge in [0, 0.05) is 17.4 Å². The summed E-state index contributed by atoms with van der Waals surface area (Å²) in [6.45, 7) is 0.675. The summed E-state index contributed by atoms with van der Waals surface area (Å²) in [5.41, 5.74) is 1.21. The summed E-state index contributed by atoms with van der Waals surface area (Å²) in [6.07, 6.45) is 0.789. The summed E-state index contributed by atoms with van der Waals surface area (Å²) < 4.78 is 5.55. The minimum atomic E-state index is -0.0774. The van der Waals surface area contributed by atoms with E-state index in [9.17, 15) is 0 Å². The van der Waals surface area contributed by atoms with Crippen LogP contribution in [0.5, 0.6) is 5.75 Å². The Morgan fingerprint density at radius 1 is 1.53 bits per heavy atom. The van der Waals surface area contributed by atoms with Gasteiger partial charge in [0.15, 0.2) is 0 Å². The molecule has 0 saturated heterocycles. The van der Waals surface area contributed by atoms with E-state index >= 15 is 0 Å². The lowest BCUT2D eigenvalue weighted by molar-refractivity contribution is 0.318. The van der Waals surface area contributed by atoms with E-state index < -0.39 is 0 Å². The van der Waals surface area contributed by atoms with Crippen molar-refractivity contribution in [1.82, 2.24) is 0 Å². The molecule has 0 spiro atoms. The zero-order valence-corrected chi connectivity index (χ0v) is 9.07. The fourth-order valence-corrected chi connectivity index (χ4v) is 2.11. The molecule has 2 rings (SSSR count). The summed E-state index contributed by atoms with van der Waals surface area (Å²) in [7, 11) is 0. The van der Waals surface area contributed by atoms with E-state index in [4.69, 9.17) is 21.6 Å². The van der Waals surface area contributed by atoms with Crippen molar-refractivity contribution in [2.24, 2.45) is 5.92 Å². The molecule has 3 heteroatoms. The fourth-order valence-electron chi connectivity index (χ4n) is 1.92. The maximum absolute atomic E-state index is 8.86. The minimum absolute atomic E-state index is 0.0774. The molecule has 1 aliphatic rings. The van der Waals surface area contributed by atoms with Crippen LogP contribution in [0.1, 0.15) is 17.9 Å². The molecule has 0 fully saturated rings. The van der Waals surface area contributed by atoms with Gasteiger partial charge < -0.3 is 4.74 Å². The minimum Gasteiger partial charge on any atom is -0.493 e. The van der Waals surface area contributed by atoms with Gasteiger partial charge in [-0.15, -0.1) is 11.6 Å². The van der Waals surface area contributed by atoms with Crippen LogP contribution in [0.2, 0.25) is 0 Å². The molecule has 0 aromatic heterocycles. The zero-order chi connectivity index (χ0) is 10.7. The number of alkyl halides is 1. The number of para-hydroxylation sites is 1. The highest BCUT2D eigenvalue weighted by atomic mass is 35.5. The van der Waals surface area contributed by atoms with Crippen LogP contribution >= 0.6 is 11.6 Å². The molecular weight excluding hydrogens is 210 g/mol. The smallest absolute Gasteiger partial charge is 0.122 e. The highest BCUT2D eigenvalue weighted by molar-refractivity contribution is 6.18. The number of halogens is 1. The lowest BCUT2D eigenvalue weighted by atomic mass is 9.92. The van der Waals surface area contributed by atoms with Gasteiger partial charge in [0.05, 0.1) is 18.6 Å². The maximum Gasteiger partial charge on any atom is 0.122 e. The molecule has 1 aliphatic heterocycles. The van der Waals surface area contributed by atoms with Crippen LogP contribution in [0, 0.1) is 17.2 Å². The number of hydrogen-bond donors (Lipinski definition) is 0. The van der Waals surface area contributed by atoms with Gasteiger partial charge in [0.1, 0.15) is 5.75 Å². The van der Waals surface area contributed by atoms with E-state index in [2.05, 4.69) is 12.1 Å². The first-order valence-electron chi connectivity index (χ1n) is 5.02. The molecule has 1 aromatic carbocycles. The Kier molecular flexibility index (Phi) is 3.13. The molecule has 78 valence electrons. The van der Waals surface area contributed by atoms with Crippen molar-refractivity contribution in [2.45, 2.75) is 12.3 Å². The molecule has 0 bridgehead atoms. The Balaban J connectivity index is 2.11. The van der Waals surface area contributed by atoms with Crippen molar-refractivity contribution >= 4 is 11.6 Å². The quantitative estimate of drug-likeness (QED) is 0.736. The van der Waals surface area contributed by atoms with Crippen LogP contribution in [0.25, 0.3) is 0 Å². The second kappa shape index (κ2) is 4.55. The van der Waals surface area contributed by atoms with Gasteiger partial charge in [0.25, 0.3) is 0 Å². The molecule has 15 heavy (non-hydrogen) atoms. The van der Waals surface area contributed by atoms with Crippen molar-refractivity contribution < 1.29 is 4.74 Å². The van der Waals surface area contributed by atoms with Gasteiger partial charge in [0.2, 0.25) is 0 Å². The third-order valence-electron chi connectivity index (χ3n) is 2.74. The van der Waals surface area contributed by atoms with Crippen molar-refractivity contribution in [2.75, 3.05) is 12.5 Å². The molecule has 1 aromatic rings. The Hall–Kier alpha value is -1.20.